The molecule has 0 heterocycles. The molecule has 94 valence electrons. The minimum atomic E-state index is -0.0695. The summed E-state index contributed by atoms with van der Waals surface area (Å²) in [5, 5.41) is 0. The molecule has 5 nitrogen and oxygen atoms in total. The summed E-state index contributed by atoms with van der Waals surface area (Å²) in [5.41, 5.74) is 0.503. The Balaban J connectivity index is 3.21. The molecule has 0 N–H and O–H groups in total. The zero-order chi connectivity index (χ0) is 12.8. The quantitative estimate of drug-likeness (QED) is 0.561. The predicted octanol–water partition coefficient (Wildman–Crippen LogP) is 1.89. The third-order valence-corrected chi connectivity index (χ3v) is 2.19. The second kappa shape index (κ2) is 6.10. The summed E-state index contributed by atoms with van der Waals surface area (Å²) in [5.74, 6) is 1.22. The van der Waals surface area contributed by atoms with Crippen LogP contribution in [0, 0.1) is 0 Å². The van der Waals surface area contributed by atoms with Crippen molar-refractivity contribution in [2.24, 2.45) is 0 Å². The van der Waals surface area contributed by atoms with Crippen LogP contribution in [-0.4, -0.2) is 33.9 Å². The minimum Gasteiger partial charge on any atom is -0.493 e. The standard InChI is InChI=1S/C12H16O5/c1-8(13)9-5-10(15-3)12(17-7-14-2)11(6-9)16-4/h5-6H,7H2,1-4H3. The van der Waals surface area contributed by atoms with E-state index in [4.69, 9.17) is 18.9 Å². The van der Waals surface area contributed by atoms with Crippen molar-refractivity contribution in [3.8, 4) is 17.2 Å². The van der Waals surface area contributed by atoms with Crippen molar-refractivity contribution < 1.29 is 23.7 Å². The molecule has 1 rings (SSSR count). The Hall–Kier alpha value is -1.75. The topological polar surface area (TPSA) is 54.0 Å². The SMILES string of the molecule is COCOc1c(OC)cc(C(C)=O)cc1OC. The first-order valence-electron chi connectivity index (χ1n) is 5.02. The molecule has 0 spiro atoms. The minimum absolute atomic E-state index is 0.0695. The summed E-state index contributed by atoms with van der Waals surface area (Å²) in [6, 6.07) is 3.21. The number of rotatable bonds is 6. The van der Waals surface area contributed by atoms with Crippen molar-refractivity contribution in [2.45, 2.75) is 6.92 Å². The van der Waals surface area contributed by atoms with E-state index in [-0.39, 0.29) is 12.6 Å². The van der Waals surface area contributed by atoms with E-state index in [1.54, 1.807) is 12.1 Å². The Morgan fingerprint density at radius 2 is 1.65 bits per heavy atom. The lowest BCUT2D eigenvalue weighted by molar-refractivity contribution is 0.0471. The largest absolute Gasteiger partial charge is 0.493 e. The van der Waals surface area contributed by atoms with Crippen molar-refractivity contribution >= 4 is 5.78 Å². The van der Waals surface area contributed by atoms with E-state index in [1.807, 2.05) is 0 Å². The second-order valence-corrected chi connectivity index (χ2v) is 3.32. The first kappa shape index (κ1) is 13.3. The highest BCUT2D eigenvalue weighted by molar-refractivity contribution is 5.95. The van der Waals surface area contributed by atoms with Gasteiger partial charge in [-0.15, -0.1) is 0 Å². The first-order chi connectivity index (χ1) is 8.13. The third-order valence-electron chi connectivity index (χ3n) is 2.19. The predicted molar refractivity (Wildman–Crippen MR) is 62.1 cm³/mol. The molecule has 1 aromatic carbocycles. The van der Waals surface area contributed by atoms with Crippen molar-refractivity contribution in [1.82, 2.24) is 0 Å². The van der Waals surface area contributed by atoms with Gasteiger partial charge in [0.15, 0.2) is 24.1 Å². The highest BCUT2D eigenvalue weighted by Gasteiger charge is 2.15. The van der Waals surface area contributed by atoms with Gasteiger partial charge in [-0.05, 0) is 19.1 Å². The van der Waals surface area contributed by atoms with Crippen LogP contribution in [0.2, 0.25) is 0 Å². The Labute approximate surface area is 100 Å². The number of hydrogen-bond acceptors (Lipinski definition) is 5. The van der Waals surface area contributed by atoms with Crippen LogP contribution >= 0.6 is 0 Å². The van der Waals surface area contributed by atoms with Crippen molar-refractivity contribution in [3.63, 3.8) is 0 Å². The van der Waals surface area contributed by atoms with Crippen LogP contribution in [0.3, 0.4) is 0 Å². The molecular weight excluding hydrogens is 224 g/mol. The molecule has 0 aliphatic rings. The zero-order valence-electron chi connectivity index (χ0n) is 10.4. The Bertz CT molecular complexity index is 375. The fourth-order valence-electron chi connectivity index (χ4n) is 1.34. The number of carbonyl (C=O) groups excluding carboxylic acids is 1. The first-order valence-corrected chi connectivity index (χ1v) is 5.02. The molecule has 17 heavy (non-hydrogen) atoms. The molecule has 0 bridgehead atoms. The summed E-state index contributed by atoms with van der Waals surface area (Å²) in [7, 11) is 4.51. The van der Waals surface area contributed by atoms with Crippen molar-refractivity contribution in [1.29, 1.82) is 0 Å². The third kappa shape index (κ3) is 3.10. The molecule has 0 fully saturated rings. The van der Waals surface area contributed by atoms with Gasteiger partial charge in [-0.1, -0.05) is 0 Å². The van der Waals surface area contributed by atoms with E-state index < -0.39 is 0 Å². The van der Waals surface area contributed by atoms with Gasteiger partial charge in [0.1, 0.15) is 0 Å². The van der Waals surface area contributed by atoms with Crippen molar-refractivity contribution in [3.05, 3.63) is 17.7 Å². The van der Waals surface area contributed by atoms with Gasteiger partial charge in [0.25, 0.3) is 0 Å². The van der Waals surface area contributed by atoms with Crippen LogP contribution in [0.25, 0.3) is 0 Å². The summed E-state index contributed by atoms with van der Waals surface area (Å²) < 4.78 is 20.5. The maximum Gasteiger partial charge on any atom is 0.206 e. The fourth-order valence-corrected chi connectivity index (χ4v) is 1.34. The number of ketones is 1. The van der Waals surface area contributed by atoms with Gasteiger partial charge < -0.3 is 18.9 Å². The van der Waals surface area contributed by atoms with Gasteiger partial charge in [0.05, 0.1) is 14.2 Å². The van der Waals surface area contributed by atoms with E-state index in [0.717, 1.165) is 0 Å². The number of carbonyl (C=O) groups is 1. The van der Waals surface area contributed by atoms with Gasteiger partial charge in [-0.2, -0.15) is 0 Å². The van der Waals surface area contributed by atoms with Crippen LogP contribution in [0.4, 0.5) is 0 Å². The van der Waals surface area contributed by atoms with E-state index in [0.29, 0.717) is 22.8 Å². The smallest absolute Gasteiger partial charge is 0.206 e. The van der Waals surface area contributed by atoms with E-state index in [1.165, 1.54) is 28.3 Å². The number of Topliss-reactive ketones (excluding diaryl/α,β-unsaturated/α-hetero) is 1. The molecule has 0 saturated heterocycles. The maximum absolute atomic E-state index is 11.3. The van der Waals surface area contributed by atoms with Gasteiger partial charge in [-0.3, -0.25) is 4.79 Å². The maximum atomic E-state index is 11.3. The molecule has 0 atom stereocenters. The van der Waals surface area contributed by atoms with Gasteiger partial charge >= 0.3 is 0 Å². The Morgan fingerprint density at radius 1 is 1.12 bits per heavy atom. The Morgan fingerprint density at radius 3 is 2.00 bits per heavy atom. The van der Waals surface area contributed by atoms with E-state index in [2.05, 4.69) is 0 Å². The van der Waals surface area contributed by atoms with Gasteiger partial charge in [-0.25, -0.2) is 0 Å². The lowest BCUT2D eigenvalue weighted by Gasteiger charge is -2.14. The molecule has 0 unspecified atom stereocenters. The zero-order valence-corrected chi connectivity index (χ0v) is 10.4. The number of hydrogen-bond donors (Lipinski definition) is 0. The molecule has 0 saturated carbocycles. The number of benzene rings is 1. The van der Waals surface area contributed by atoms with Crippen LogP contribution in [0.5, 0.6) is 17.2 Å². The fraction of sp³-hybridized carbons (Fsp3) is 0.417. The summed E-state index contributed by atoms with van der Waals surface area (Å²) in [6.45, 7) is 1.55. The lowest BCUT2D eigenvalue weighted by atomic mass is 10.1. The lowest BCUT2D eigenvalue weighted by Crippen LogP contribution is -2.04. The molecule has 0 amide bonds. The average Bonchev–Trinajstić information content (AvgIpc) is 2.34. The summed E-state index contributed by atoms with van der Waals surface area (Å²) in [4.78, 5) is 11.3. The van der Waals surface area contributed by atoms with Gasteiger partial charge in [0, 0.05) is 12.7 Å². The summed E-state index contributed by atoms with van der Waals surface area (Å²) >= 11 is 0. The average molecular weight is 240 g/mol. The monoisotopic (exact) mass is 240 g/mol. The van der Waals surface area contributed by atoms with Gasteiger partial charge in [0.2, 0.25) is 5.75 Å². The highest BCUT2D eigenvalue weighted by Crippen LogP contribution is 2.38. The highest BCUT2D eigenvalue weighted by atomic mass is 16.7. The molecule has 0 radical (unpaired) electrons. The molecule has 0 aromatic heterocycles. The molecular formula is C12H16O5. The van der Waals surface area contributed by atoms with Crippen molar-refractivity contribution in [2.75, 3.05) is 28.1 Å². The van der Waals surface area contributed by atoms with Crippen LogP contribution < -0.4 is 14.2 Å². The number of methoxy groups -OCH3 is 3. The molecule has 0 aliphatic heterocycles. The molecule has 5 heteroatoms. The molecule has 0 aliphatic carbocycles. The number of ether oxygens (including phenoxy) is 4. The van der Waals surface area contributed by atoms with Crippen LogP contribution in [-0.2, 0) is 4.74 Å². The van der Waals surface area contributed by atoms with E-state index in [9.17, 15) is 4.79 Å². The van der Waals surface area contributed by atoms with Crippen LogP contribution in [0.15, 0.2) is 12.1 Å². The van der Waals surface area contributed by atoms with E-state index >= 15 is 0 Å². The van der Waals surface area contributed by atoms with Crippen LogP contribution in [0.1, 0.15) is 17.3 Å². The second-order valence-electron chi connectivity index (χ2n) is 3.32. The normalized spacial score (nSPS) is 9.88. The summed E-state index contributed by atoms with van der Waals surface area (Å²) in [6.07, 6.45) is 0. The Kier molecular flexibility index (Phi) is 4.78. The molecule has 1 aromatic rings.